The predicted octanol–water partition coefficient (Wildman–Crippen LogP) is 0.389. The summed E-state index contributed by atoms with van der Waals surface area (Å²) in [5.41, 5.74) is 5.66. The minimum Gasteiger partial charge on any atom is -0.480 e. The fourth-order valence-corrected chi connectivity index (χ4v) is 2.11. The summed E-state index contributed by atoms with van der Waals surface area (Å²) < 4.78 is 0. The van der Waals surface area contributed by atoms with Gasteiger partial charge in [0.05, 0.1) is 6.04 Å². The molecular weight excluding hydrogens is 260 g/mol. The monoisotopic (exact) mass is 280 g/mol. The number of carboxylic acids is 1. The van der Waals surface area contributed by atoms with Gasteiger partial charge in [-0.2, -0.15) is 23.5 Å². The van der Waals surface area contributed by atoms with Crippen LogP contribution in [0.1, 0.15) is 12.8 Å². The fraction of sp³-hybridized carbons (Fsp3) is 0.800. The standard InChI is InChI=1S/C10H20N2O3S2/c1-16-5-3-7(11)9(13)12-8(10(14)15)4-6-17-2/h7-8H,3-6,11H2,1-2H3,(H,12,13)(H,14,15)/t7-,8?/m0/s1. The number of nitrogens with one attached hydrogen (secondary N) is 1. The first-order valence-electron chi connectivity index (χ1n) is 5.29. The summed E-state index contributed by atoms with van der Waals surface area (Å²) in [6.07, 6.45) is 4.80. The molecule has 17 heavy (non-hydrogen) atoms. The predicted molar refractivity (Wildman–Crippen MR) is 73.5 cm³/mol. The zero-order chi connectivity index (χ0) is 13.3. The van der Waals surface area contributed by atoms with Crippen LogP contribution in [0.5, 0.6) is 0 Å². The minimum absolute atomic E-state index is 0.382. The Balaban J connectivity index is 4.15. The molecule has 0 aromatic rings. The van der Waals surface area contributed by atoms with Crippen LogP contribution in [-0.2, 0) is 9.59 Å². The number of carboxylic acid groups (broad SMARTS) is 1. The van der Waals surface area contributed by atoms with Gasteiger partial charge in [-0.3, -0.25) is 4.79 Å². The molecule has 1 amide bonds. The highest BCUT2D eigenvalue weighted by molar-refractivity contribution is 7.98. The van der Waals surface area contributed by atoms with Crippen LogP contribution < -0.4 is 11.1 Å². The third kappa shape index (κ3) is 7.51. The summed E-state index contributed by atoms with van der Waals surface area (Å²) in [7, 11) is 0. The molecule has 0 radical (unpaired) electrons. The second-order valence-corrected chi connectivity index (χ2v) is 5.54. The molecule has 4 N–H and O–H groups in total. The van der Waals surface area contributed by atoms with Crippen molar-refractivity contribution in [3.8, 4) is 0 Å². The van der Waals surface area contributed by atoms with E-state index in [2.05, 4.69) is 5.32 Å². The van der Waals surface area contributed by atoms with Crippen molar-refractivity contribution in [2.24, 2.45) is 5.73 Å². The van der Waals surface area contributed by atoms with Gasteiger partial charge in [0.2, 0.25) is 5.91 Å². The Hall–Kier alpha value is -0.400. The molecule has 0 heterocycles. The molecule has 0 saturated heterocycles. The number of aliphatic carboxylic acids is 1. The van der Waals surface area contributed by atoms with E-state index in [1.54, 1.807) is 23.5 Å². The van der Waals surface area contributed by atoms with E-state index in [4.69, 9.17) is 10.8 Å². The summed E-state index contributed by atoms with van der Waals surface area (Å²) in [5, 5.41) is 11.4. The summed E-state index contributed by atoms with van der Waals surface area (Å²) in [6.45, 7) is 0. The Bertz CT molecular complexity index is 252. The average Bonchev–Trinajstić information content (AvgIpc) is 2.30. The first-order valence-corrected chi connectivity index (χ1v) is 8.08. The molecule has 0 fully saturated rings. The van der Waals surface area contributed by atoms with Gasteiger partial charge in [0.25, 0.3) is 0 Å². The van der Waals surface area contributed by atoms with Crippen LogP contribution in [0.25, 0.3) is 0 Å². The first kappa shape index (κ1) is 16.6. The van der Waals surface area contributed by atoms with Crippen LogP contribution in [0.15, 0.2) is 0 Å². The lowest BCUT2D eigenvalue weighted by Gasteiger charge is -2.17. The molecule has 0 aromatic carbocycles. The largest absolute Gasteiger partial charge is 0.480 e. The van der Waals surface area contributed by atoms with Gasteiger partial charge in [-0.25, -0.2) is 4.79 Å². The van der Waals surface area contributed by atoms with Gasteiger partial charge in [0.1, 0.15) is 6.04 Å². The van der Waals surface area contributed by atoms with Crippen LogP contribution in [0.3, 0.4) is 0 Å². The average molecular weight is 280 g/mol. The Morgan fingerprint density at radius 3 is 2.24 bits per heavy atom. The third-order valence-electron chi connectivity index (χ3n) is 2.19. The number of carbonyl (C=O) groups excluding carboxylic acids is 1. The lowest BCUT2D eigenvalue weighted by atomic mass is 10.2. The molecule has 0 saturated carbocycles. The normalized spacial score (nSPS) is 14.1. The third-order valence-corrected chi connectivity index (χ3v) is 3.48. The fourth-order valence-electron chi connectivity index (χ4n) is 1.15. The van der Waals surface area contributed by atoms with Gasteiger partial charge in [-0.1, -0.05) is 0 Å². The topological polar surface area (TPSA) is 92.4 Å². The number of nitrogens with two attached hydrogens (primary N) is 1. The van der Waals surface area contributed by atoms with Crippen molar-refractivity contribution in [2.75, 3.05) is 24.0 Å². The number of thioether (sulfide) groups is 2. The van der Waals surface area contributed by atoms with Crippen LogP contribution in [0, 0.1) is 0 Å². The van der Waals surface area contributed by atoms with E-state index in [-0.39, 0.29) is 5.91 Å². The molecule has 0 spiro atoms. The van der Waals surface area contributed by atoms with E-state index in [0.717, 1.165) is 5.75 Å². The van der Waals surface area contributed by atoms with E-state index in [1.807, 2.05) is 12.5 Å². The second-order valence-electron chi connectivity index (χ2n) is 3.57. The molecule has 5 nitrogen and oxygen atoms in total. The zero-order valence-corrected chi connectivity index (χ0v) is 11.8. The van der Waals surface area contributed by atoms with Crippen molar-refractivity contribution in [1.82, 2.24) is 5.32 Å². The number of carbonyl (C=O) groups is 2. The molecule has 0 aliphatic heterocycles. The van der Waals surface area contributed by atoms with Gasteiger partial charge < -0.3 is 16.2 Å². The quantitative estimate of drug-likeness (QED) is 0.566. The zero-order valence-electron chi connectivity index (χ0n) is 10.1. The molecule has 0 bridgehead atoms. The van der Waals surface area contributed by atoms with Gasteiger partial charge in [0.15, 0.2) is 0 Å². The van der Waals surface area contributed by atoms with Crippen LogP contribution in [0.2, 0.25) is 0 Å². The second kappa shape index (κ2) is 9.61. The van der Waals surface area contributed by atoms with Crippen molar-refractivity contribution in [3.63, 3.8) is 0 Å². The van der Waals surface area contributed by atoms with E-state index < -0.39 is 18.1 Å². The van der Waals surface area contributed by atoms with Gasteiger partial charge in [-0.15, -0.1) is 0 Å². The van der Waals surface area contributed by atoms with Crippen LogP contribution >= 0.6 is 23.5 Å². The molecule has 1 unspecified atom stereocenters. The van der Waals surface area contributed by atoms with Gasteiger partial charge in [0, 0.05) is 0 Å². The molecular formula is C10H20N2O3S2. The van der Waals surface area contributed by atoms with E-state index in [1.165, 1.54) is 0 Å². The van der Waals surface area contributed by atoms with E-state index >= 15 is 0 Å². The van der Waals surface area contributed by atoms with Crippen molar-refractivity contribution >= 4 is 35.4 Å². The van der Waals surface area contributed by atoms with E-state index in [9.17, 15) is 9.59 Å². The number of rotatable bonds is 9. The maximum atomic E-state index is 11.6. The van der Waals surface area contributed by atoms with Crippen molar-refractivity contribution in [3.05, 3.63) is 0 Å². The Kier molecular flexibility index (Phi) is 9.39. The van der Waals surface area contributed by atoms with Crippen LogP contribution in [0.4, 0.5) is 0 Å². The van der Waals surface area contributed by atoms with Gasteiger partial charge in [-0.05, 0) is 36.9 Å². The Morgan fingerprint density at radius 2 is 1.76 bits per heavy atom. The summed E-state index contributed by atoms with van der Waals surface area (Å²) in [5.74, 6) is 0.0889. The molecule has 0 aliphatic rings. The van der Waals surface area contributed by atoms with Crippen molar-refractivity contribution in [1.29, 1.82) is 0 Å². The molecule has 100 valence electrons. The first-order chi connectivity index (χ1) is 8.02. The summed E-state index contributed by atoms with van der Waals surface area (Å²) in [4.78, 5) is 22.5. The number of amides is 1. The maximum absolute atomic E-state index is 11.6. The number of hydrogen-bond acceptors (Lipinski definition) is 5. The summed E-state index contributed by atoms with van der Waals surface area (Å²) in [6, 6.07) is -1.46. The Morgan fingerprint density at radius 1 is 1.24 bits per heavy atom. The van der Waals surface area contributed by atoms with E-state index in [0.29, 0.717) is 18.6 Å². The molecule has 7 heteroatoms. The highest BCUT2D eigenvalue weighted by atomic mass is 32.2. The van der Waals surface area contributed by atoms with Crippen molar-refractivity contribution in [2.45, 2.75) is 24.9 Å². The molecule has 0 aromatic heterocycles. The highest BCUT2D eigenvalue weighted by Crippen LogP contribution is 2.03. The molecule has 0 aliphatic carbocycles. The SMILES string of the molecule is CSCCC(NC(=O)[C@@H](N)CCSC)C(=O)O. The maximum Gasteiger partial charge on any atom is 0.326 e. The molecule has 0 rings (SSSR count). The number of hydrogen-bond donors (Lipinski definition) is 3. The molecule has 2 atom stereocenters. The minimum atomic E-state index is -1.01. The lowest BCUT2D eigenvalue weighted by Crippen LogP contribution is -2.48. The van der Waals surface area contributed by atoms with Crippen molar-refractivity contribution < 1.29 is 14.7 Å². The van der Waals surface area contributed by atoms with Gasteiger partial charge >= 0.3 is 5.97 Å². The lowest BCUT2D eigenvalue weighted by molar-refractivity contribution is -0.142. The summed E-state index contributed by atoms with van der Waals surface area (Å²) >= 11 is 3.15. The Labute approximate surface area is 110 Å². The highest BCUT2D eigenvalue weighted by Gasteiger charge is 2.22. The smallest absolute Gasteiger partial charge is 0.326 e. The van der Waals surface area contributed by atoms with Crippen LogP contribution in [-0.4, -0.2) is 53.1 Å².